The summed E-state index contributed by atoms with van der Waals surface area (Å²) in [4.78, 5) is 12.9. The topological polar surface area (TPSA) is 56.1 Å². The van der Waals surface area contributed by atoms with Crippen molar-refractivity contribution in [2.75, 3.05) is 12.4 Å². The molecule has 0 saturated heterocycles. The Morgan fingerprint density at radius 1 is 1.07 bits per heavy atom. The van der Waals surface area contributed by atoms with Gasteiger partial charge in [0, 0.05) is 12.1 Å². The predicted octanol–water partition coefficient (Wildman–Crippen LogP) is 5.01. The monoisotopic (exact) mass is 375 g/mol. The lowest BCUT2D eigenvalue weighted by atomic mass is 9.87. The van der Waals surface area contributed by atoms with Gasteiger partial charge < -0.3 is 10.1 Å². The summed E-state index contributed by atoms with van der Waals surface area (Å²) >= 11 is 0. The molecule has 0 aliphatic heterocycles. The summed E-state index contributed by atoms with van der Waals surface area (Å²) in [5.74, 6) is 1.89. The molecule has 0 spiro atoms. The van der Waals surface area contributed by atoms with Crippen LogP contribution in [-0.4, -0.2) is 22.7 Å². The summed E-state index contributed by atoms with van der Waals surface area (Å²) < 4.78 is 7.16. The van der Waals surface area contributed by atoms with E-state index in [1.165, 1.54) is 11.1 Å². The summed E-state index contributed by atoms with van der Waals surface area (Å²) in [6.07, 6.45) is 1.39. The SMILES string of the molecule is COc1ccc(-n2nc(Nc3ccc(C)c(C)c3)c3c2C[C@@H](C)CC3=O)cc1. The normalized spacial score (nSPS) is 16.0. The molecule has 1 aliphatic rings. The van der Waals surface area contributed by atoms with Crippen LogP contribution in [0.2, 0.25) is 0 Å². The number of hydrogen-bond acceptors (Lipinski definition) is 4. The Labute approximate surface area is 165 Å². The van der Waals surface area contributed by atoms with Crippen molar-refractivity contribution in [3.8, 4) is 11.4 Å². The minimum absolute atomic E-state index is 0.153. The van der Waals surface area contributed by atoms with E-state index in [4.69, 9.17) is 9.84 Å². The van der Waals surface area contributed by atoms with Crippen molar-refractivity contribution in [3.63, 3.8) is 0 Å². The van der Waals surface area contributed by atoms with E-state index < -0.39 is 0 Å². The van der Waals surface area contributed by atoms with Gasteiger partial charge in [-0.15, -0.1) is 5.10 Å². The first-order chi connectivity index (χ1) is 13.5. The molecular formula is C23H25N3O2. The molecule has 3 aromatic rings. The van der Waals surface area contributed by atoms with Gasteiger partial charge in [0.05, 0.1) is 24.1 Å². The van der Waals surface area contributed by atoms with Crippen LogP contribution in [0.3, 0.4) is 0 Å². The number of carbonyl (C=O) groups is 1. The Hall–Kier alpha value is -3.08. The molecule has 0 fully saturated rings. The molecule has 1 aliphatic carbocycles. The molecule has 0 unspecified atom stereocenters. The van der Waals surface area contributed by atoms with E-state index in [0.717, 1.165) is 29.2 Å². The fourth-order valence-corrected chi connectivity index (χ4v) is 3.74. The van der Waals surface area contributed by atoms with Gasteiger partial charge in [-0.3, -0.25) is 4.79 Å². The molecule has 1 atom stereocenters. The molecule has 144 valence electrons. The first-order valence-electron chi connectivity index (χ1n) is 9.60. The summed E-state index contributed by atoms with van der Waals surface area (Å²) in [6.45, 7) is 6.28. The minimum atomic E-state index is 0.153. The van der Waals surface area contributed by atoms with Crippen LogP contribution >= 0.6 is 0 Å². The maximum absolute atomic E-state index is 12.9. The van der Waals surface area contributed by atoms with Gasteiger partial charge in [-0.25, -0.2) is 4.68 Å². The van der Waals surface area contributed by atoms with Gasteiger partial charge in [0.25, 0.3) is 0 Å². The fraction of sp³-hybridized carbons (Fsp3) is 0.304. The Morgan fingerprint density at radius 2 is 1.82 bits per heavy atom. The highest BCUT2D eigenvalue weighted by Gasteiger charge is 2.31. The fourth-order valence-electron chi connectivity index (χ4n) is 3.74. The Kier molecular flexibility index (Phi) is 4.67. The summed E-state index contributed by atoms with van der Waals surface area (Å²) in [7, 11) is 1.65. The van der Waals surface area contributed by atoms with Crippen LogP contribution in [0.5, 0.6) is 5.75 Å². The van der Waals surface area contributed by atoms with E-state index in [1.54, 1.807) is 7.11 Å². The standard InChI is InChI=1S/C23H25N3O2/c1-14-11-20-22(21(27)12-14)23(24-17-6-5-15(2)16(3)13-17)25-26(20)18-7-9-19(28-4)10-8-18/h5-10,13-14H,11-12H2,1-4H3,(H,24,25)/t14-/m1/s1. The number of methoxy groups -OCH3 is 1. The number of ether oxygens (including phenoxy) is 1. The van der Waals surface area contributed by atoms with Crippen molar-refractivity contribution in [2.45, 2.75) is 33.6 Å². The number of carbonyl (C=O) groups excluding carboxylic acids is 1. The van der Waals surface area contributed by atoms with Crippen LogP contribution in [0.25, 0.3) is 5.69 Å². The second-order valence-electron chi connectivity index (χ2n) is 7.64. The Balaban J connectivity index is 1.80. The largest absolute Gasteiger partial charge is 0.497 e. The maximum Gasteiger partial charge on any atom is 0.168 e. The van der Waals surface area contributed by atoms with Crippen molar-refractivity contribution in [1.29, 1.82) is 0 Å². The summed E-state index contributed by atoms with van der Waals surface area (Å²) in [6, 6.07) is 13.9. The van der Waals surface area contributed by atoms with Crippen molar-refractivity contribution >= 4 is 17.3 Å². The van der Waals surface area contributed by atoms with E-state index in [1.807, 2.05) is 35.0 Å². The zero-order valence-corrected chi connectivity index (χ0v) is 16.7. The third-order valence-corrected chi connectivity index (χ3v) is 5.42. The molecule has 1 aromatic heterocycles. The number of aryl methyl sites for hydroxylation is 2. The number of anilines is 2. The second-order valence-corrected chi connectivity index (χ2v) is 7.64. The van der Waals surface area contributed by atoms with E-state index >= 15 is 0 Å². The predicted molar refractivity (Wildman–Crippen MR) is 111 cm³/mol. The molecule has 0 amide bonds. The van der Waals surface area contributed by atoms with E-state index in [9.17, 15) is 4.79 Å². The quantitative estimate of drug-likeness (QED) is 0.697. The van der Waals surface area contributed by atoms with Gasteiger partial charge in [0.1, 0.15) is 5.75 Å². The average molecular weight is 375 g/mol. The number of ketones is 1. The van der Waals surface area contributed by atoms with Crippen molar-refractivity contribution in [2.24, 2.45) is 5.92 Å². The number of hydrogen-bond donors (Lipinski definition) is 1. The van der Waals surface area contributed by atoms with Crippen LogP contribution in [0, 0.1) is 19.8 Å². The number of benzene rings is 2. The molecule has 0 bridgehead atoms. The van der Waals surface area contributed by atoms with Crippen LogP contribution < -0.4 is 10.1 Å². The van der Waals surface area contributed by atoms with Crippen molar-refractivity contribution in [3.05, 3.63) is 64.8 Å². The van der Waals surface area contributed by atoms with E-state index in [2.05, 4.69) is 38.2 Å². The van der Waals surface area contributed by atoms with Gasteiger partial charge in [0.15, 0.2) is 11.6 Å². The van der Waals surface area contributed by atoms with Gasteiger partial charge in [-0.1, -0.05) is 13.0 Å². The van der Waals surface area contributed by atoms with Gasteiger partial charge >= 0.3 is 0 Å². The van der Waals surface area contributed by atoms with Gasteiger partial charge in [-0.05, 0) is 73.7 Å². The number of fused-ring (bicyclic) bond motifs is 1. The van der Waals surface area contributed by atoms with E-state index in [0.29, 0.717) is 23.7 Å². The molecule has 28 heavy (non-hydrogen) atoms. The number of rotatable bonds is 4. The molecule has 5 heteroatoms. The molecule has 0 saturated carbocycles. The third-order valence-electron chi connectivity index (χ3n) is 5.42. The highest BCUT2D eigenvalue weighted by atomic mass is 16.5. The Bertz CT molecular complexity index is 1030. The Morgan fingerprint density at radius 3 is 2.50 bits per heavy atom. The number of nitrogens with zero attached hydrogens (tertiary/aromatic N) is 2. The third kappa shape index (κ3) is 3.28. The molecule has 4 rings (SSSR count). The van der Waals surface area contributed by atoms with Crippen LogP contribution in [0.15, 0.2) is 42.5 Å². The van der Waals surface area contributed by atoms with Gasteiger partial charge in [-0.2, -0.15) is 0 Å². The molecule has 2 aromatic carbocycles. The zero-order chi connectivity index (χ0) is 19.8. The first-order valence-corrected chi connectivity index (χ1v) is 9.60. The molecule has 0 radical (unpaired) electrons. The molecular weight excluding hydrogens is 350 g/mol. The lowest BCUT2D eigenvalue weighted by Crippen LogP contribution is -2.19. The van der Waals surface area contributed by atoms with E-state index in [-0.39, 0.29) is 5.78 Å². The minimum Gasteiger partial charge on any atom is -0.497 e. The van der Waals surface area contributed by atoms with Gasteiger partial charge in [0.2, 0.25) is 0 Å². The molecule has 1 heterocycles. The van der Waals surface area contributed by atoms with Crippen LogP contribution in [-0.2, 0) is 6.42 Å². The van der Waals surface area contributed by atoms with Crippen molar-refractivity contribution in [1.82, 2.24) is 9.78 Å². The zero-order valence-electron chi connectivity index (χ0n) is 16.7. The maximum atomic E-state index is 12.9. The second kappa shape index (κ2) is 7.15. The summed E-state index contributed by atoms with van der Waals surface area (Å²) in [5.41, 5.74) is 5.99. The van der Waals surface area contributed by atoms with Crippen LogP contribution in [0.4, 0.5) is 11.5 Å². The summed E-state index contributed by atoms with van der Waals surface area (Å²) in [5, 5.41) is 8.17. The lowest BCUT2D eigenvalue weighted by Gasteiger charge is -2.19. The number of aromatic nitrogens is 2. The highest BCUT2D eigenvalue weighted by molar-refractivity contribution is 6.03. The van der Waals surface area contributed by atoms with Crippen molar-refractivity contribution < 1.29 is 9.53 Å². The smallest absolute Gasteiger partial charge is 0.168 e. The first kappa shape index (κ1) is 18.3. The number of Topliss-reactive ketones (excluding diaryl/α,β-unsaturated/α-hetero) is 1. The molecule has 1 N–H and O–H groups in total. The number of nitrogens with one attached hydrogen (secondary N) is 1. The highest BCUT2D eigenvalue weighted by Crippen LogP contribution is 2.34. The average Bonchev–Trinajstić information content (AvgIpc) is 3.03. The lowest BCUT2D eigenvalue weighted by molar-refractivity contribution is 0.0953. The van der Waals surface area contributed by atoms with Crippen LogP contribution in [0.1, 0.15) is 40.5 Å². The molecule has 5 nitrogen and oxygen atoms in total.